The summed E-state index contributed by atoms with van der Waals surface area (Å²) in [5.74, 6) is 0. The lowest BCUT2D eigenvalue weighted by molar-refractivity contribution is 0.401. The van der Waals surface area contributed by atoms with Crippen molar-refractivity contribution < 1.29 is 14.2 Å². The van der Waals surface area contributed by atoms with Gasteiger partial charge in [0.2, 0.25) is 0 Å². The Morgan fingerprint density at radius 2 is 1.57 bits per heavy atom. The Hall–Kier alpha value is -1.16. The Bertz CT molecular complexity index is 552. The molecule has 3 nitrogen and oxygen atoms in total. The molecule has 3 fully saturated rings. The van der Waals surface area contributed by atoms with Crippen LogP contribution in [0.4, 0.5) is 0 Å². The van der Waals surface area contributed by atoms with Crippen LogP contribution in [-0.4, -0.2) is 38.1 Å². The molecule has 4 rings (SSSR count). The maximum absolute atomic E-state index is 5.45. The number of benzene rings is 1. The van der Waals surface area contributed by atoms with E-state index in [2.05, 4.69) is 31.2 Å². The molecule has 0 saturated carbocycles. The summed E-state index contributed by atoms with van der Waals surface area (Å²) in [6.07, 6.45) is 8.73. The fourth-order valence-corrected chi connectivity index (χ4v) is 3.00. The summed E-state index contributed by atoms with van der Waals surface area (Å²) in [5.41, 5.74) is 5.63. The van der Waals surface area contributed by atoms with Crippen molar-refractivity contribution >= 4 is 6.08 Å². The van der Waals surface area contributed by atoms with Gasteiger partial charge in [0.25, 0.3) is 0 Å². The quantitative estimate of drug-likeness (QED) is 0.723. The molecular formula is C18H22O3. The van der Waals surface area contributed by atoms with Gasteiger partial charge in [0.1, 0.15) is 0 Å². The fourth-order valence-electron chi connectivity index (χ4n) is 3.00. The van der Waals surface area contributed by atoms with Gasteiger partial charge in [0, 0.05) is 19.3 Å². The van der Waals surface area contributed by atoms with Gasteiger partial charge in [0.15, 0.2) is 0 Å². The van der Waals surface area contributed by atoms with E-state index in [4.69, 9.17) is 14.2 Å². The molecule has 3 heterocycles. The van der Waals surface area contributed by atoms with Gasteiger partial charge in [-0.1, -0.05) is 24.3 Å². The number of allylic oxidation sites excluding steroid dienone is 1. The fraction of sp³-hybridized carbons (Fsp3) is 0.556. The third-order valence-corrected chi connectivity index (χ3v) is 4.33. The molecule has 3 atom stereocenters. The largest absolute Gasteiger partial charge is 0.373 e. The Balaban J connectivity index is 1.67. The minimum absolute atomic E-state index is 0.422. The zero-order valence-corrected chi connectivity index (χ0v) is 12.5. The highest BCUT2D eigenvalue weighted by atomic mass is 16.6. The lowest BCUT2D eigenvalue weighted by Crippen LogP contribution is -2.07. The molecule has 3 aliphatic heterocycles. The summed E-state index contributed by atoms with van der Waals surface area (Å²) in [5, 5.41) is 0. The molecule has 0 aromatic heterocycles. The maximum atomic E-state index is 5.45. The van der Waals surface area contributed by atoms with E-state index in [1.807, 2.05) is 0 Å². The average Bonchev–Trinajstić information content (AvgIpc) is 3.30. The van der Waals surface area contributed by atoms with Crippen LogP contribution in [0.25, 0.3) is 6.08 Å². The van der Waals surface area contributed by atoms with E-state index in [-0.39, 0.29) is 0 Å². The van der Waals surface area contributed by atoms with Crippen LogP contribution in [0.2, 0.25) is 0 Å². The number of hydrogen-bond donors (Lipinski definition) is 0. The minimum Gasteiger partial charge on any atom is -0.373 e. The van der Waals surface area contributed by atoms with Crippen LogP contribution >= 0.6 is 0 Å². The first-order valence-corrected chi connectivity index (χ1v) is 7.94. The van der Waals surface area contributed by atoms with Crippen molar-refractivity contribution in [1.82, 2.24) is 0 Å². The second-order valence-electron chi connectivity index (χ2n) is 6.30. The molecule has 0 aliphatic carbocycles. The van der Waals surface area contributed by atoms with Crippen LogP contribution in [0.15, 0.2) is 18.2 Å². The normalized spacial score (nSPS) is 29.9. The Morgan fingerprint density at radius 1 is 0.952 bits per heavy atom. The van der Waals surface area contributed by atoms with Gasteiger partial charge in [-0.25, -0.2) is 0 Å². The maximum Gasteiger partial charge on any atom is 0.0850 e. The Kier molecular flexibility index (Phi) is 3.57. The molecule has 0 radical (unpaired) electrons. The third-order valence-electron chi connectivity index (χ3n) is 4.33. The molecule has 1 aromatic rings. The van der Waals surface area contributed by atoms with Gasteiger partial charge in [-0.15, -0.1) is 0 Å². The van der Waals surface area contributed by atoms with E-state index in [9.17, 15) is 0 Å². The first kappa shape index (κ1) is 13.5. The first-order valence-electron chi connectivity index (χ1n) is 7.94. The molecular weight excluding hydrogens is 264 g/mol. The predicted molar refractivity (Wildman–Crippen MR) is 81.5 cm³/mol. The molecule has 0 bridgehead atoms. The smallest absolute Gasteiger partial charge is 0.0850 e. The van der Waals surface area contributed by atoms with E-state index in [1.165, 1.54) is 22.3 Å². The molecule has 0 amide bonds. The zero-order chi connectivity index (χ0) is 14.2. The topological polar surface area (TPSA) is 37.6 Å². The van der Waals surface area contributed by atoms with Crippen LogP contribution < -0.4 is 0 Å². The highest BCUT2D eigenvalue weighted by Gasteiger charge is 2.29. The highest BCUT2D eigenvalue weighted by Crippen LogP contribution is 2.30. The summed E-state index contributed by atoms with van der Waals surface area (Å²) >= 11 is 0. The molecule has 3 heteroatoms. The van der Waals surface area contributed by atoms with Crippen molar-refractivity contribution in [1.29, 1.82) is 0 Å². The summed E-state index contributed by atoms with van der Waals surface area (Å²) in [6, 6.07) is 4.70. The Morgan fingerprint density at radius 3 is 2.19 bits per heavy atom. The molecule has 0 N–H and O–H groups in total. The second-order valence-corrected chi connectivity index (χ2v) is 6.30. The molecule has 0 spiro atoms. The van der Waals surface area contributed by atoms with Crippen molar-refractivity contribution in [3.63, 3.8) is 0 Å². The minimum atomic E-state index is 0.422. The highest BCUT2D eigenvalue weighted by molar-refractivity contribution is 5.58. The van der Waals surface area contributed by atoms with Crippen molar-refractivity contribution in [2.75, 3.05) is 19.8 Å². The van der Waals surface area contributed by atoms with Crippen LogP contribution in [-0.2, 0) is 33.5 Å². The van der Waals surface area contributed by atoms with Gasteiger partial charge in [-0.2, -0.15) is 0 Å². The van der Waals surface area contributed by atoms with Crippen LogP contribution in [0.1, 0.15) is 29.2 Å². The average molecular weight is 286 g/mol. The molecule has 3 aliphatic rings. The van der Waals surface area contributed by atoms with Crippen molar-refractivity contribution in [3.8, 4) is 0 Å². The first-order chi connectivity index (χ1) is 10.3. The molecule has 21 heavy (non-hydrogen) atoms. The molecule has 1 aromatic carbocycles. The standard InChI is InChI=1S/C18H22O3/c1-2-3-13-4-12(6-15-9-19-15)5-14(7-16-10-20-16)18(13)8-17-11-21-17/h2-5,15-17H,6-11H2,1H3. The zero-order valence-electron chi connectivity index (χ0n) is 12.5. The van der Waals surface area contributed by atoms with E-state index in [1.54, 1.807) is 0 Å². The van der Waals surface area contributed by atoms with E-state index in [0.717, 1.165) is 39.1 Å². The Labute approximate surface area is 125 Å². The number of epoxide rings is 3. The monoisotopic (exact) mass is 286 g/mol. The second kappa shape index (κ2) is 5.56. The predicted octanol–water partition coefficient (Wildman–Crippen LogP) is 2.54. The molecule has 112 valence electrons. The van der Waals surface area contributed by atoms with Gasteiger partial charge >= 0.3 is 0 Å². The van der Waals surface area contributed by atoms with E-state index >= 15 is 0 Å². The third kappa shape index (κ3) is 3.54. The summed E-state index contributed by atoms with van der Waals surface area (Å²) in [6.45, 7) is 4.82. The number of rotatable bonds is 7. The summed E-state index contributed by atoms with van der Waals surface area (Å²) in [4.78, 5) is 0. The van der Waals surface area contributed by atoms with Crippen molar-refractivity contribution in [2.45, 2.75) is 44.5 Å². The van der Waals surface area contributed by atoms with Gasteiger partial charge in [-0.3, -0.25) is 0 Å². The number of hydrogen-bond acceptors (Lipinski definition) is 3. The lowest BCUT2D eigenvalue weighted by Gasteiger charge is -2.14. The van der Waals surface area contributed by atoms with Gasteiger partial charge in [0.05, 0.1) is 38.1 Å². The number of ether oxygens (including phenoxy) is 3. The van der Waals surface area contributed by atoms with Crippen LogP contribution in [0, 0.1) is 0 Å². The molecule has 3 saturated heterocycles. The lowest BCUT2D eigenvalue weighted by atomic mass is 9.90. The van der Waals surface area contributed by atoms with Crippen molar-refractivity contribution in [3.05, 3.63) is 40.5 Å². The van der Waals surface area contributed by atoms with Crippen LogP contribution in [0.5, 0.6) is 0 Å². The summed E-state index contributed by atoms with van der Waals surface area (Å²) in [7, 11) is 0. The van der Waals surface area contributed by atoms with Gasteiger partial charge < -0.3 is 14.2 Å². The van der Waals surface area contributed by atoms with E-state index < -0.39 is 0 Å². The summed E-state index contributed by atoms with van der Waals surface area (Å²) < 4.78 is 16.3. The van der Waals surface area contributed by atoms with Crippen molar-refractivity contribution in [2.24, 2.45) is 0 Å². The van der Waals surface area contributed by atoms with E-state index in [0.29, 0.717) is 18.3 Å². The van der Waals surface area contributed by atoms with Crippen LogP contribution in [0.3, 0.4) is 0 Å². The molecule has 3 unspecified atom stereocenters. The van der Waals surface area contributed by atoms with Gasteiger partial charge in [-0.05, 0) is 29.2 Å². The SMILES string of the molecule is CC=Cc1cc(CC2CO2)cc(CC2CO2)c1CC1CO1.